The van der Waals surface area contributed by atoms with Gasteiger partial charge in [0.15, 0.2) is 0 Å². The molecule has 0 bridgehead atoms. The van der Waals surface area contributed by atoms with Gasteiger partial charge in [0.25, 0.3) is 0 Å². The lowest BCUT2D eigenvalue weighted by atomic mass is 9.97. The summed E-state index contributed by atoms with van der Waals surface area (Å²) in [6.07, 6.45) is -6.90. The van der Waals surface area contributed by atoms with Crippen LogP contribution in [0.2, 0.25) is 0 Å². The van der Waals surface area contributed by atoms with E-state index in [1.165, 1.54) is 29.1 Å². The molecule has 16 heteroatoms. The second-order valence-corrected chi connectivity index (χ2v) is 9.53. The molecule has 36 heavy (non-hydrogen) atoms. The van der Waals surface area contributed by atoms with Gasteiger partial charge < -0.3 is 40.1 Å². The van der Waals surface area contributed by atoms with Crippen molar-refractivity contribution in [3.05, 3.63) is 46.7 Å². The Balaban J connectivity index is 1.59. The Morgan fingerprint density at radius 1 is 1.03 bits per heavy atom. The third kappa shape index (κ3) is 5.19. The molecule has 0 aliphatic carbocycles. The van der Waals surface area contributed by atoms with Crippen LogP contribution in [0.3, 0.4) is 0 Å². The Morgan fingerprint density at radius 3 is 2.33 bits per heavy atom. The van der Waals surface area contributed by atoms with Crippen LogP contribution in [-0.2, 0) is 9.47 Å². The van der Waals surface area contributed by atoms with Gasteiger partial charge in [-0.15, -0.1) is 5.10 Å². The zero-order valence-corrected chi connectivity index (χ0v) is 19.4. The predicted octanol–water partition coefficient (Wildman–Crippen LogP) is -1.08. The van der Waals surface area contributed by atoms with Crippen LogP contribution < -0.4 is 0 Å². The van der Waals surface area contributed by atoms with Crippen molar-refractivity contribution in [2.45, 2.75) is 59.6 Å². The summed E-state index contributed by atoms with van der Waals surface area (Å²) >= 11 is 0.750. The van der Waals surface area contributed by atoms with E-state index in [-0.39, 0.29) is 5.69 Å². The molecule has 1 aromatic heterocycles. The number of halogens is 1. The summed E-state index contributed by atoms with van der Waals surface area (Å²) < 4.78 is 26.0. The summed E-state index contributed by atoms with van der Waals surface area (Å²) in [5.74, 6) is -0.485. The first-order chi connectivity index (χ1) is 17.3. The smallest absolute Gasteiger partial charge is 0.134 e. The van der Waals surface area contributed by atoms with Crippen molar-refractivity contribution in [1.29, 1.82) is 0 Å². The molecule has 1 aromatic carbocycles. The molecule has 0 amide bonds. The van der Waals surface area contributed by atoms with E-state index >= 15 is 0 Å². The van der Waals surface area contributed by atoms with Gasteiger partial charge in [-0.3, -0.25) is 0 Å². The molecule has 10 atom stereocenters. The number of hydrogen-bond acceptors (Lipinski definition) is 12. The van der Waals surface area contributed by atoms with Gasteiger partial charge >= 0.3 is 0 Å². The second-order valence-electron chi connectivity index (χ2n) is 8.33. The third-order valence-electron chi connectivity index (χ3n) is 6.09. The number of aromatic nitrogens is 3. The number of benzene rings is 1. The second kappa shape index (κ2) is 11.4. The lowest BCUT2D eigenvalue weighted by Crippen LogP contribution is -2.59. The van der Waals surface area contributed by atoms with Gasteiger partial charge in [-0.2, -0.15) is 0 Å². The molecule has 3 heterocycles. The summed E-state index contributed by atoms with van der Waals surface area (Å²) in [6, 6.07) is 3.09. The maximum absolute atomic E-state index is 13.6. The van der Waals surface area contributed by atoms with Crippen molar-refractivity contribution in [1.82, 2.24) is 15.0 Å². The van der Waals surface area contributed by atoms with Gasteiger partial charge in [-0.1, -0.05) is 34.2 Å². The van der Waals surface area contributed by atoms with Gasteiger partial charge in [0.2, 0.25) is 0 Å². The fourth-order valence-electron chi connectivity index (χ4n) is 4.20. The van der Waals surface area contributed by atoms with Gasteiger partial charge in [-0.05, 0) is 17.7 Å². The van der Waals surface area contributed by atoms with Gasteiger partial charge in [0.1, 0.15) is 58.9 Å². The summed E-state index contributed by atoms with van der Waals surface area (Å²) in [4.78, 5) is 2.61. The minimum atomic E-state index is -1.54. The average molecular weight is 529 g/mol. The number of thioether (sulfide) groups is 1. The SMILES string of the molecule is [N-]=[N+]=NC1C(O)[C@@H](CO)OC(S[C@@H]2OC(CO)[C@H](O)[C@H](n3cc(-c4cccc(F)c4)nn3)C2O)[C@@H]1O. The Hall–Kier alpha value is -2.37. The highest BCUT2D eigenvalue weighted by molar-refractivity contribution is 8.00. The zero-order chi connectivity index (χ0) is 26.0. The Morgan fingerprint density at radius 2 is 1.69 bits per heavy atom. The minimum Gasteiger partial charge on any atom is -0.394 e. The van der Waals surface area contributed by atoms with Crippen molar-refractivity contribution in [2.24, 2.45) is 5.11 Å². The van der Waals surface area contributed by atoms with Gasteiger partial charge in [0, 0.05) is 10.5 Å². The Kier molecular flexibility index (Phi) is 8.41. The van der Waals surface area contributed by atoms with Crippen LogP contribution in [0.25, 0.3) is 21.7 Å². The molecule has 196 valence electrons. The van der Waals surface area contributed by atoms with E-state index in [0.29, 0.717) is 5.56 Å². The van der Waals surface area contributed by atoms with Crippen molar-refractivity contribution < 1.29 is 44.5 Å². The first kappa shape index (κ1) is 26.7. The molecule has 0 saturated carbocycles. The van der Waals surface area contributed by atoms with Crippen molar-refractivity contribution >= 4 is 11.8 Å². The normalized spacial score (nSPS) is 36.9. The molecular formula is C20H25FN6O8S. The van der Waals surface area contributed by atoms with Crippen molar-refractivity contribution in [2.75, 3.05) is 13.2 Å². The first-order valence-corrected chi connectivity index (χ1v) is 11.9. The molecule has 0 radical (unpaired) electrons. The Labute approximate surface area is 207 Å². The van der Waals surface area contributed by atoms with E-state index in [1.807, 2.05) is 0 Å². The largest absolute Gasteiger partial charge is 0.394 e. The van der Waals surface area contributed by atoms with E-state index in [4.69, 9.17) is 15.0 Å². The van der Waals surface area contributed by atoms with Crippen LogP contribution in [0.4, 0.5) is 4.39 Å². The molecule has 5 unspecified atom stereocenters. The van der Waals surface area contributed by atoms with Crippen LogP contribution >= 0.6 is 11.8 Å². The Bertz CT molecular complexity index is 1090. The average Bonchev–Trinajstić information content (AvgIpc) is 3.35. The minimum absolute atomic E-state index is 0.271. The van der Waals surface area contributed by atoms with Crippen LogP contribution in [0.5, 0.6) is 0 Å². The molecule has 2 aliphatic rings. The highest BCUT2D eigenvalue weighted by Crippen LogP contribution is 2.40. The standard InChI is InChI=1S/C20H25FN6O8S/c21-9-3-1-2-8(4-9)10-5-27(26-23-10)14-16(31)12(7-29)35-20(18(14)33)36-19-17(32)13(24-25-22)15(30)11(6-28)34-19/h1-5,11-20,28-33H,6-7H2/t11-,12?,13?,14+,15?,16+,17-,18?,19?,20+/m1/s1. The van der Waals surface area contributed by atoms with Crippen LogP contribution in [0.1, 0.15) is 6.04 Å². The van der Waals surface area contributed by atoms with E-state index < -0.39 is 78.6 Å². The molecule has 14 nitrogen and oxygen atoms in total. The fraction of sp³-hybridized carbons (Fsp3) is 0.600. The molecule has 2 aromatic rings. The highest BCUT2D eigenvalue weighted by atomic mass is 32.2. The van der Waals surface area contributed by atoms with E-state index in [1.54, 1.807) is 6.07 Å². The molecule has 2 saturated heterocycles. The zero-order valence-electron chi connectivity index (χ0n) is 18.5. The van der Waals surface area contributed by atoms with E-state index in [9.17, 15) is 35.0 Å². The molecule has 4 rings (SSSR count). The number of ether oxygens (including phenoxy) is 2. The predicted molar refractivity (Wildman–Crippen MR) is 120 cm³/mol. The molecular weight excluding hydrogens is 503 g/mol. The lowest BCUT2D eigenvalue weighted by Gasteiger charge is -2.45. The molecule has 2 aliphatic heterocycles. The first-order valence-electron chi connectivity index (χ1n) is 10.9. The summed E-state index contributed by atoms with van der Waals surface area (Å²) in [5.41, 5.74) is 7.04. The quantitative estimate of drug-likeness (QED) is 0.144. The van der Waals surface area contributed by atoms with Crippen LogP contribution in [-0.4, -0.2) is 112 Å². The topological polar surface area (TPSA) is 219 Å². The number of aliphatic hydroxyl groups is 6. The summed E-state index contributed by atoms with van der Waals surface area (Å²) in [6.45, 7) is -1.26. The van der Waals surface area contributed by atoms with Gasteiger partial charge in [-0.25, -0.2) is 9.07 Å². The van der Waals surface area contributed by atoms with Crippen LogP contribution in [0, 0.1) is 5.82 Å². The maximum atomic E-state index is 13.6. The number of hydrogen-bond donors (Lipinski definition) is 6. The third-order valence-corrected chi connectivity index (χ3v) is 7.40. The van der Waals surface area contributed by atoms with Gasteiger partial charge in [0.05, 0.1) is 31.6 Å². The molecule has 6 N–H and O–H groups in total. The highest BCUT2D eigenvalue weighted by Gasteiger charge is 2.50. The molecule has 2 fully saturated rings. The lowest BCUT2D eigenvalue weighted by molar-refractivity contribution is -0.183. The summed E-state index contributed by atoms with van der Waals surface area (Å²) in [5, 5.41) is 73.3. The monoisotopic (exact) mass is 528 g/mol. The maximum Gasteiger partial charge on any atom is 0.134 e. The molecule has 0 spiro atoms. The number of nitrogens with zero attached hydrogens (tertiary/aromatic N) is 6. The summed E-state index contributed by atoms with van der Waals surface area (Å²) in [7, 11) is 0. The number of rotatable bonds is 7. The number of azide groups is 1. The fourth-order valence-corrected chi connectivity index (χ4v) is 5.53. The van der Waals surface area contributed by atoms with E-state index in [0.717, 1.165) is 11.8 Å². The van der Waals surface area contributed by atoms with E-state index in [2.05, 4.69) is 20.3 Å². The van der Waals surface area contributed by atoms with Crippen molar-refractivity contribution in [3.8, 4) is 11.3 Å². The van der Waals surface area contributed by atoms with Crippen LogP contribution in [0.15, 0.2) is 35.6 Å². The van der Waals surface area contributed by atoms with Crippen molar-refractivity contribution in [3.63, 3.8) is 0 Å². The number of aliphatic hydroxyl groups excluding tert-OH is 6.